The molecule has 3 aromatic rings. The van der Waals surface area contributed by atoms with Crippen molar-refractivity contribution < 1.29 is 45.0 Å². The monoisotopic (exact) mass is 473 g/mol. The molecule has 0 radical (unpaired) electrons. The Hall–Kier alpha value is -4.21. The van der Waals surface area contributed by atoms with Crippen LogP contribution in [0.1, 0.15) is 21.6 Å². The van der Waals surface area contributed by atoms with Crippen molar-refractivity contribution in [3.63, 3.8) is 0 Å². The minimum atomic E-state index is -5.07. The van der Waals surface area contributed by atoms with E-state index in [1.54, 1.807) is 6.07 Å². The number of carbonyl (C=O) groups excluding carboxylic acids is 1. The Morgan fingerprint density at radius 2 is 1.48 bits per heavy atom. The lowest BCUT2D eigenvalue weighted by Gasteiger charge is -2.14. The molecule has 0 saturated carbocycles. The van der Waals surface area contributed by atoms with Crippen LogP contribution in [0.5, 0.6) is 11.5 Å². The van der Waals surface area contributed by atoms with Gasteiger partial charge in [-0.2, -0.15) is 18.4 Å². The number of ether oxygens (including phenoxy) is 2. The summed E-state index contributed by atoms with van der Waals surface area (Å²) < 4.78 is 105. The maximum Gasteiger partial charge on any atom is 0.416 e. The van der Waals surface area contributed by atoms with E-state index in [0.717, 1.165) is 17.9 Å². The number of benzene rings is 2. The summed E-state index contributed by atoms with van der Waals surface area (Å²) in [6.07, 6.45) is -4.08. The topological polar surface area (TPSA) is 90.3 Å². The van der Waals surface area contributed by atoms with E-state index in [2.05, 4.69) is 9.47 Å². The number of alkyl halides is 3. The van der Waals surface area contributed by atoms with Crippen LogP contribution in [-0.2, 0) is 10.9 Å². The third kappa shape index (κ3) is 4.27. The number of aromatic nitrogens is 1. The van der Waals surface area contributed by atoms with Crippen molar-refractivity contribution in [3.8, 4) is 23.3 Å². The van der Waals surface area contributed by atoms with Crippen LogP contribution in [0, 0.1) is 34.6 Å². The number of carbonyl (C=O) groups is 1. The van der Waals surface area contributed by atoms with Gasteiger partial charge in [0.05, 0.1) is 29.6 Å². The Morgan fingerprint density at radius 1 is 1.00 bits per heavy atom. The predicted molar refractivity (Wildman–Crippen MR) is 97.6 cm³/mol. The molecule has 1 heterocycles. The summed E-state index contributed by atoms with van der Waals surface area (Å²) >= 11 is 0. The number of esters is 1. The molecule has 0 atom stereocenters. The Kier molecular flexibility index (Phi) is 5.95. The highest BCUT2D eigenvalue weighted by atomic mass is 19.4. The number of rotatable bonds is 4. The molecule has 0 aliphatic carbocycles. The first-order chi connectivity index (χ1) is 15.4. The van der Waals surface area contributed by atoms with Crippen LogP contribution in [0.4, 0.5) is 36.4 Å². The van der Waals surface area contributed by atoms with Crippen molar-refractivity contribution in [1.29, 1.82) is 5.26 Å². The zero-order chi connectivity index (χ0) is 24.7. The van der Waals surface area contributed by atoms with Crippen molar-refractivity contribution in [3.05, 3.63) is 70.6 Å². The van der Waals surface area contributed by atoms with Gasteiger partial charge in [0.2, 0.25) is 0 Å². The molecule has 0 aliphatic rings. The van der Waals surface area contributed by atoms with Crippen molar-refractivity contribution >= 4 is 11.7 Å². The molecule has 2 aromatic carbocycles. The van der Waals surface area contributed by atoms with E-state index in [-0.39, 0.29) is 29.1 Å². The Balaban J connectivity index is 2.08. The molecule has 1 aromatic heterocycles. The predicted octanol–water partition coefficient (Wildman–Crippen LogP) is 5.09. The summed E-state index contributed by atoms with van der Waals surface area (Å²) in [6.45, 7) is 0. The van der Waals surface area contributed by atoms with Crippen molar-refractivity contribution in [1.82, 2.24) is 4.57 Å². The lowest BCUT2D eigenvalue weighted by atomic mass is 10.2. The quantitative estimate of drug-likeness (QED) is 0.422. The van der Waals surface area contributed by atoms with Gasteiger partial charge in [0, 0.05) is 18.3 Å². The first-order valence-electron chi connectivity index (χ1n) is 8.61. The average molecular weight is 473 g/mol. The SMILES string of the molecule is COC(=O)c1c(N)c(C#N)cn1-c1cc(F)c(Oc2c(F)cc(C(F)(F)F)cc2F)c(F)c1. The normalized spacial score (nSPS) is 11.2. The molecule has 33 heavy (non-hydrogen) atoms. The van der Waals surface area contributed by atoms with Crippen LogP contribution >= 0.6 is 0 Å². The molecule has 13 heteroatoms. The number of nitrogens with zero attached hydrogens (tertiary/aromatic N) is 2. The van der Waals surface area contributed by atoms with Crippen LogP contribution in [0.25, 0.3) is 5.69 Å². The molecule has 0 unspecified atom stereocenters. The highest BCUT2D eigenvalue weighted by Crippen LogP contribution is 2.37. The molecule has 3 rings (SSSR count). The lowest BCUT2D eigenvalue weighted by molar-refractivity contribution is -0.138. The number of halogens is 7. The molecule has 0 saturated heterocycles. The first kappa shape index (κ1) is 23.5. The lowest BCUT2D eigenvalue weighted by Crippen LogP contribution is -2.11. The summed E-state index contributed by atoms with van der Waals surface area (Å²) in [5, 5.41) is 9.09. The Bertz CT molecular complexity index is 1260. The summed E-state index contributed by atoms with van der Waals surface area (Å²) in [6, 6.07) is 2.63. The molecule has 0 fully saturated rings. The van der Waals surface area contributed by atoms with Crippen molar-refractivity contribution in [2.75, 3.05) is 12.8 Å². The van der Waals surface area contributed by atoms with Crippen LogP contribution in [0.3, 0.4) is 0 Å². The van der Waals surface area contributed by atoms with Gasteiger partial charge in [-0.25, -0.2) is 22.4 Å². The molecule has 172 valence electrons. The third-order valence-electron chi connectivity index (χ3n) is 4.33. The number of hydrogen-bond donors (Lipinski definition) is 1. The number of nitrogen functional groups attached to an aromatic ring is 1. The highest BCUT2D eigenvalue weighted by molar-refractivity contribution is 5.95. The number of nitrogens with two attached hydrogens (primary N) is 1. The molecular formula is C20H10F7N3O3. The van der Waals surface area contributed by atoms with Gasteiger partial charge < -0.3 is 19.8 Å². The van der Waals surface area contributed by atoms with E-state index >= 15 is 0 Å². The maximum atomic E-state index is 14.6. The molecular weight excluding hydrogens is 463 g/mol. The smallest absolute Gasteiger partial charge is 0.416 e. The van der Waals surface area contributed by atoms with Crippen LogP contribution in [-0.4, -0.2) is 17.6 Å². The van der Waals surface area contributed by atoms with Gasteiger partial charge in [0.15, 0.2) is 40.5 Å². The summed E-state index contributed by atoms with van der Waals surface area (Å²) in [7, 11) is 0.996. The van der Waals surface area contributed by atoms with Crippen molar-refractivity contribution in [2.24, 2.45) is 0 Å². The highest BCUT2D eigenvalue weighted by Gasteiger charge is 2.33. The third-order valence-corrected chi connectivity index (χ3v) is 4.33. The fourth-order valence-corrected chi connectivity index (χ4v) is 2.82. The van der Waals surface area contributed by atoms with Gasteiger partial charge >= 0.3 is 12.1 Å². The maximum absolute atomic E-state index is 14.6. The second kappa shape index (κ2) is 8.38. The zero-order valence-electron chi connectivity index (χ0n) is 16.2. The number of anilines is 1. The molecule has 0 spiro atoms. The van der Waals surface area contributed by atoms with Gasteiger partial charge in [-0.3, -0.25) is 0 Å². The summed E-state index contributed by atoms with van der Waals surface area (Å²) in [5.41, 5.74) is 2.65. The summed E-state index contributed by atoms with van der Waals surface area (Å²) in [4.78, 5) is 12.0. The minimum absolute atomic E-state index is 0.1000. The second-order valence-electron chi connectivity index (χ2n) is 6.39. The van der Waals surface area contributed by atoms with Gasteiger partial charge in [-0.15, -0.1) is 0 Å². The molecule has 0 aliphatic heterocycles. The minimum Gasteiger partial charge on any atom is -0.464 e. The summed E-state index contributed by atoms with van der Waals surface area (Å²) in [5.74, 6) is -10.6. The fraction of sp³-hybridized carbons (Fsp3) is 0.100. The van der Waals surface area contributed by atoms with Gasteiger partial charge in [-0.1, -0.05) is 0 Å². The van der Waals surface area contributed by atoms with Gasteiger partial charge in [0.1, 0.15) is 6.07 Å². The Morgan fingerprint density at radius 3 is 1.91 bits per heavy atom. The number of hydrogen-bond acceptors (Lipinski definition) is 5. The van der Waals surface area contributed by atoms with Gasteiger partial charge in [0.25, 0.3) is 0 Å². The molecule has 0 bridgehead atoms. The zero-order valence-corrected chi connectivity index (χ0v) is 16.2. The van der Waals surface area contributed by atoms with Crippen molar-refractivity contribution in [2.45, 2.75) is 6.18 Å². The van der Waals surface area contributed by atoms with E-state index in [1.165, 1.54) is 0 Å². The Labute approximate surface area is 180 Å². The first-order valence-corrected chi connectivity index (χ1v) is 8.61. The van der Waals surface area contributed by atoms with Gasteiger partial charge in [-0.05, 0) is 12.1 Å². The number of methoxy groups -OCH3 is 1. The van der Waals surface area contributed by atoms with Crippen LogP contribution in [0.2, 0.25) is 0 Å². The number of nitriles is 1. The second-order valence-corrected chi connectivity index (χ2v) is 6.39. The van der Waals surface area contributed by atoms with E-state index < -0.39 is 58.2 Å². The molecule has 6 nitrogen and oxygen atoms in total. The largest absolute Gasteiger partial charge is 0.464 e. The molecule has 2 N–H and O–H groups in total. The average Bonchev–Trinajstić information content (AvgIpc) is 3.07. The van der Waals surface area contributed by atoms with E-state index in [1.807, 2.05) is 0 Å². The van der Waals surface area contributed by atoms with Crippen LogP contribution in [0.15, 0.2) is 30.5 Å². The molecule has 0 amide bonds. The standard InChI is InChI=1S/C20H10F7N3O3/c1-32-19(31)16-15(29)8(6-28)7-30(16)10-4-13(23)18(14(24)5-10)33-17-11(21)2-9(3-12(17)22)20(25,26)27/h2-5,7H,29H2,1H3. The fourth-order valence-electron chi connectivity index (χ4n) is 2.82. The van der Waals surface area contributed by atoms with E-state index in [4.69, 9.17) is 11.0 Å². The van der Waals surface area contributed by atoms with Crippen LogP contribution < -0.4 is 10.5 Å². The van der Waals surface area contributed by atoms with E-state index in [0.29, 0.717) is 12.1 Å². The van der Waals surface area contributed by atoms with E-state index in [9.17, 15) is 35.5 Å².